The summed E-state index contributed by atoms with van der Waals surface area (Å²) in [5.74, 6) is -1.87. The summed E-state index contributed by atoms with van der Waals surface area (Å²) in [5, 5.41) is 65.8. The van der Waals surface area contributed by atoms with Crippen molar-refractivity contribution in [2.45, 2.75) is 111 Å². The molecule has 0 fully saturated rings. The van der Waals surface area contributed by atoms with Crippen LogP contribution in [0.25, 0.3) is 58.7 Å². The summed E-state index contributed by atoms with van der Waals surface area (Å²) in [4.78, 5) is 11.8. The molecule has 0 saturated heterocycles. The molecular formula is C78H80N16O36S15. The number of rotatable bonds is 34. The van der Waals surface area contributed by atoms with Crippen molar-refractivity contribution in [3.63, 3.8) is 0 Å². The molecule has 4 aromatic heterocycles. The fourth-order valence-corrected chi connectivity index (χ4v) is 21.1. The van der Waals surface area contributed by atoms with Crippen LogP contribution in [-0.2, 0) is 113 Å². The Morgan fingerprint density at radius 3 is 1.17 bits per heavy atom. The van der Waals surface area contributed by atoms with Crippen molar-refractivity contribution in [1.82, 2.24) is 19.4 Å². The number of nitrogen functional groups attached to an aromatic ring is 1. The molecule has 145 heavy (non-hydrogen) atoms. The van der Waals surface area contributed by atoms with Crippen LogP contribution in [0.4, 0.5) is 61.4 Å². The van der Waals surface area contributed by atoms with Crippen LogP contribution in [-0.4, -0.2) is 214 Å². The van der Waals surface area contributed by atoms with Gasteiger partial charge in [0.15, 0.2) is 11.3 Å². The Kier molecular flexibility index (Phi) is 41.9. The number of azo groups is 5. The molecule has 52 nitrogen and oxygen atoms in total. The molecule has 0 amide bonds. The van der Waals surface area contributed by atoms with Gasteiger partial charge in [-0.05, 0) is 190 Å². The fraction of sp³-hybridized carbons (Fsp3) is 0.256. The van der Waals surface area contributed by atoms with Gasteiger partial charge in [-0.25, -0.2) is 15.0 Å². The lowest BCUT2D eigenvalue weighted by atomic mass is 10.1. The van der Waals surface area contributed by atoms with Crippen molar-refractivity contribution < 1.29 is 156 Å². The number of aromatic nitrogens is 4. The summed E-state index contributed by atoms with van der Waals surface area (Å²) in [7, 11) is -45.3. The van der Waals surface area contributed by atoms with Gasteiger partial charge in [0, 0.05) is 38.3 Å². The minimum absolute atomic E-state index is 0. The van der Waals surface area contributed by atoms with Crippen LogP contribution in [0.15, 0.2) is 202 Å². The van der Waals surface area contributed by atoms with Crippen molar-refractivity contribution in [2.24, 2.45) is 51.1 Å². The van der Waals surface area contributed by atoms with E-state index in [9.17, 15) is 110 Å². The molecule has 0 radical (unpaired) electrons. The van der Waals surface area contributed by atoms with E-state index in [2.05, 4.69) is 72.2 Å². The van der Waals surface area contributed by atoms with Gasteiger partial charge in [-0.2, -0.15) is 82.8 Å². The molecule has 0 aliphatic carbocycles. The molecule has 13 aromatic rings. The number of ether oxygens (including phenoxy) is 2. The highest BCUT2D eigenvalue weighted by molar-refractivity contribution is 7.99. The largest absolute Gasteiger partial charge is 0.493 e. The van der Waals surface area contributed by atoms with E-state index in [1.54, 1.807) is 89.2 Å². The number of aromatic hydroxyl groups is 1. The van der Waals surface area contributed by atoms with Gasteiger partial charge in [0.2, 0.25) is 16.1 Å². The average Bonchev–Trinajstić information content (AvgIpc) is 1.62. The Hall–Kier alpha value is -12.2. The maximum absolute atomic E-state index is 12.4. The van der Waals surface area contributed by atoms with Crippen LogP contribution < -0.4 is 15.2 Å². The number of benzene rings is 9. The van der Waals surface area contributed by atoms with Crippen LogP contribution in [0.3, 0.4) is 0 Å². The maximum atomic E-state index is 12.4. The molecule has 0 spiro atoms. The highest BCUT2D eigenvalue weighted by Gasteiger charge is 2.28. The number of hydrogen-bond donors (Lipinski definition) is 10. The first kappa shape index (κ1) is 120. The molecule has 0 aliphatic rings. The molecule has 11 N–H and O–H groups in total. The van der Waals surface area contributed by atoms with Gasteiger partial charge in [0.1, 0.15) is 49.6 Å². The van der Waals surface area contributed by atoms with Gasteiger partial charge < -0.3 is 20.3 Å². The van der Waals surface area contributed by atoms with E-state index in [-0.39, 0.29) is 178 Å². The molecule has 778 valence electrons. The molecule has 0 saturated carbocycles. The Labute approximate surface area is 846 Å². The molecule has 67 heteroatoms. The second kappa shape index (κ2) is 50.7. The minimum Gasteiger partial charge on any atom is -0.493 e. The van der Waals surface area contributed by atoms with Gasteiger partial charge in [-0.3, -0.25) is 40.8 Å². The van der Waals surface area contributed by atoms with Crippen molar-refractivity contribution in [1.29, 1.82) is 5.26 Å². The molecule has 0 atom stereocenters. The number of fused-ring (bicyclic) bond motifs is 9. The number of hydrogen-bond acceptors (Lipinski definition) is 47. The number of nitrogens with two attached hydrogens (primary N) is 1. The predicted molar refractivity (Wildman–Crippen MR) is 531 cm³/mol. The summed E-state index contributed by atoms with van der Waals surface area (Å²) in [5.41, 5.74) is 11.4. The fourth-order valence-electron chi connectivity index (χ4n) is 12.5. The number of anilines is 1. The van der Waals surface area contributed by atoms with Crippen LogP contribution >= 0.6 is 46.2 Å². The van der Waals surface area contributed by atoms with E-state index < -0.39 is 155 Å². The normalized spacial score (nSPS) is 12.2. The van der Waals surface area contributed by atoms with Gasteiger partial charge >= 0.3 is 31.8 Å². The van der Waals surface area contributed by atoms with E-state index in [1.165, 1.54) is 46.5 Å². The first-order chi connectivity index (χ1) is 67.0. The molecule has 13 rings (SSSR count). The minimum atomic E-state index is -4.86. The van der Waals surface area contributed by atoms with E-state index in [0.29, 0.717) is 60.1 Å². The van der Waals surface area contributed by atoms with Crippen LogP contribution in [0.2, 0.25) is 0 Å². The first-order valence-corrected chi connectivity index (χ1v) is 58.5. The number of nitrogens with zero attached hydrogens (tertiary/aromatic N) is 15. The molecule has 0 bridgehead atoms. The highest BCUT2D eigenvalue weighted by atomic mass is 32.3. The molecule has 4 heterocycles. The zero-order chi connectivity index (χ0) is 107. The number of pyridine rings is 1. The predicted octanol–water partition coefficient (Wildman–Crippen LogP) is 16.2. The van der Waals surface area contributed by atoms with Gasteiger partial charge in [-0.15, -0.1) is 102 Å². The van der Waals surface area contributed by atoms with Gasteiger partial charge in [0.05, 0.1) is 106 Å². The van der Waals surface area contributed by atoms with E-state index in [1.807, 2.05) is 13.8 Å². The number of nitriles is 1. The van der Waals surface area contributed by atoms with Crippen molar-refractivity contribution in [3.8, 4) is 23.4 Å². The number of aryl methyl sites for hydroxylation is 4. The lowest BCUT2D eigenvalue weighted by Gasteiger charge is -2.12. The standard InChI is InChI=1S/C44H38N10O14S6.C31H32N6O13S6.C2H6.CH4.3O3S/c1-23-16-33(50-52-39-25(3)29(22-45)42-46-30-8-4-5-9-35(30)54(42)43(39)55)36(68-12-6-14-71(56,57)58)20-31(23)48-51-34-17-24(2)32(21-37(34)69-13-7-15-72(59,60)61)49-53-44-47-40-38(74(65,66)67)18-26-10-11-27(73(62,63)64)19-28(26)41(40)70-44;1-17-11-22(32)26(50-7-3-9-53(38,39)40)15-23(17)34-36-25-12-18(2)24(16-27(25)51-8-4-10-54(41,42)43)35-37-31-33-29-28(56(47,48)49)13-19-5-6-20(55(44,45)46)14-21(19)30(29)52-31;1-2;;3*1-4(2)3/h4-5,8-11,16-21,55H,6-7,12-15H2,1-3H3,(H,56,57,58)(H,59,60,61)(H,62,63,64)(H,65,66,67);5-6,11-16H,3-4,7-10,32H2,1-2H3,(H,38,39,40)(H,41,42,43)(H,44,45,46)(H,47,48,49);1-2H3;1H4;;;. The Bertz CT molecular complexity index is 8760. The summed E-state index contributed by atoms with van der Waals surface area (Å²) in [6, 6.07) is 30.7. The van der Waals surface area contributed by atoms with Crippen LogP contribution in [0.5, 0.6) is 17.4 Å². The van der Waals surface area contributed by atoms with E-state index in [4.69, 9.17) is 57.6 Å². The summed E-state index contributed by atoms with van der Waals surface area (Å²) >= 11 is 3.99. The Morgan fingerprint density at radius 1 is 0.428 bits per heavy atom. The third-order valence-electron chi connectivity index (χ3n) is 18.7. The zero-order valence-electron chi connectivity index (χ0n) is 74.5. The lowest BCUT2D eigenvalue weighted by Crippen LogP contribution is -2.09. The van der Waals surface area contributed by atoms with Crippen molar-refractivity contribution in [3.05, 3.63) is 155 Å². The highest BCUT2D eigenvalue weighted by Crippen LogP contribution is 2.47. The van der Waals surface area contributed by atoms with Crippen LogP contribution in [0, 0.1) is 45.9 Å². The Balaban J connectivity index is 0.000000356. The number of para-hydroxylation sites is 2. The summed E-state index contributed by atoms with van der Waals surface area (Å²) in [6.45, 7) is 12.0. The van der Waals surface area contributed by atoms with E-state index >= 15 is 0 Å². The molecule has 9 aromatic carbocycles. The smallest absolute Gasteiger partial charge is 0.425 e. The van der Waals surface area contributed by atoms with Crippen molar-refractivity contribution in [2.75, 3.05) is 53.5 Å². The first-order valence-electron chi connectivity index (χ1n) is 39.7. The average molecular weight is 2300 g/mol. The second-order valence-electron chi connectivity index (χ2n) is 28.9. The zero-order valence-corrected chi connectivity index (χ0v) is 86.7. The third-order valence-corrected chi connectivity index (χ3v) is 29.5. The van der Waals surface area contributed by atoms with Gasteiger partial charge in [0.25, 0.3) is 80.9 Å². The third kappa shape index (κ3) is 35.0. The Morgan fingerprint density at radius 2 is 0.779 bits per heavy atom. The molecule has 0 unspecified atom stereocenters. The number of imidazole rings is 1. The number of thiazole rings is 2. The van der Waals surface area contributed by atoms with Gasteiger partial charge in [-0.1, -0.05) is 68.2 Å². The SMILES string of the molecule is C.CC.Cc1cc(N=Nc2cc(OCCCS(=O)(=O)O)c(N)cc2C)c(SCCCS(=O)(=O)O)cc1N=Nc1nc2c(S(=O)(=O)O)cc3ccc(S(=O)(=O)O)cc3c2s1.Cc1cc(N=Nc2cc(OCCCS(=O)(=O)O)c(N=Nc3c(C)c(C#N)c4nc5ccccc5n4c3O)cc2C)c(SCCCS(=O)(=O)O)cc1N=Nc1nc2c(S(=O)(=O)O)cc3ccc(S(=O)(=O)O)cc3c2s1.O=S(=O)=O.O=S(=O)=O.O=S(=O)=O. The summed E-state index contributed by atoms with van der Waals surface area (Å²) < 4.78 is 353. The number of thioether (sulfide) groups is 2. The summed E-state index contributed by atoms with van der Waals surface area (Å²) in [6.07, 6.45) is -0.0235. The van der Waals surface area contributed by atoms with E-state index in [0.717, 1.165) is 70.8 Å². The molecular weight excluding hydrogens is 2220 g/mol. The molecule has 0 aliphatic heterocycles. The quantitative estimate of drug-likeness (QED) is 0.00589. The maximum Gasteiger partial charge on any atom is 0.425 e. The lowest BCUT2D eigenvalue weighted by molar-refractivity contribution is 0.317. The van der Waals surface area contributed by atoms with Crippen molar-refractivity contribution >= 4 is 279 Å². The second-order valence-corrected chi connectivity index (χ2v) is 46.2. The monoisotopic (exact) mass is 2300 g/mol. The van der Waals surface area contributed by atoms with Crippen LogP contribution in [0.1, 0.15) is 80.3 Å². The topological polar surface area (TPSA) is 844 Å².